The standard InChI is InChI=1S/C15H28N2O/c18-15(10-7-13-5-2-1-3-6-13)17-12-4-11-16-14-8-9-14/h13-14,16H,1-12H2,(H,17,18). The molecule has 1 amide bonds. The Morgan fingerprint density at radius 1 is 1.00 bits per heavy atom. The predicted molar refractivity (Wildman–Crippen MR) is 74.5 cm³/mol. The third-order valence-electron chi connectivity index (χ3n) is 4.19. The number of amides is 1. The molecule has 0 bridgehead atoms. The molecule has 0 aromatic rings. The quantitative estimate of drug-likeness (QED) is 0.652. The maximum Gasteiger partial charge on any atom is 0.220 e. The van der Waals surface area contributed by atoms with Crippen molar-refractivity contribution in [2.45, 2.75) is 70.3 Å². The number of rotatable bonds is 8. The highest BCUT2D eigenvalue weighted by atomic mass is 16.1. The summed E-state index contributed by atoms with van der Waals surface area (Å²) in [5, 5.41) is 6.50. The van der Waals surface area contributed by atoms with Gasteiger partial charge in [-0.3, -0.25) is 4.79 Å². The van der Waals surface area contributed by atoms with Crippen LogP contribution in [0.1, 0.15) is 64.2 Å². The van der Waals surface area contributed by atoms with E-state index >= 15 is 0 Å². The van der Waals surface area contributed by atoms with Crippen LogP contribution >= 0.6 is 0 Å². The average molecular weight is 252 g/mol. The molecule has 0 aliphatic heterocycles. The molecule has 104 valence electrons. The van der Waals surface area contributed by atoms with E-state index in [0.29, 0.717) is 0 Å². The summed E-state index contributed by atoms with van der Waals surface area (Å²) in [5.41, 5.74) is 0. The normalized spacial score (nSPS) is 20.9. The van der Waals surface area contributed by atoms with Gasteiger partial charge in [0.15, 0.2) is 0 Å². The molecule has 3 nitrogen and oxygen atoms in total. The van der Waals surface area contributed by atoms with Gasteiger partial charge in [0.05, 0.1) is 0 Å². The van der Waals surface area contributed by atoms with Crippen LogP contribution in [0.4, 0.5) is 0 Å². The van der Waals surface area contributed by atoms with Crippen molar-refractivity contribution in [1.29, 1.82) is 0 Å². The number of hydrogen-bond acceptors (Lipinski definition) is 2. The molecule has 18 heavy (non-hydrogen) atoms. The van der Waals surface area contributed by atoms with Gasteiger partial charge in [0, 0.05) is 19.0 Å². The van der Waals surface area contributed by atoms with E-state index in [-0.39, 0.29) is 5.91 Å². The van der Waals surface area contributed by atoms with Crippen LogP contribution in [0.2, 0.25) is 0 Å². The van der Waals surface area contributed by atoms with E-state index in [1.807, 2.05) is 0 Å². The molecule has 0 aromatic heterocycles. The highest BCUT2D eigenvalue weighted by Crippen LogP contribution is 2.27. The molecule has 0 aromatic carbocycles. The molecule has 2 rings (SSSR count). The summed E-state index contributed by atoms with van der Waals surface area (Å²) in [6.45, 7) is 1.89. The van der Waals surface area contributed by atoms with Gasteiger partial charge in [-0.25, -0.2) is 0 Å². The van der Waals surface area contributed by atoms with Crippen molar-refractivity contribution in [3.63, 3.8) is 0 Å². The summed E-state index contributed by atoms with van der Waals surface area (Å²) in [6.07, 6.45) is 12.4. The van der Waals surface area contributed by atoms with Gasteiger partial charge in [-0.1, -0.05) is 32.1 Å². The second-order valence-electron chi connectivity index (χ2n) is 5.97. The Kier molecular flexibility index (Phi) is 5.98. The van der Waals surface area contributed by atoms with Crippen molar-refractivity contribution in [3.05, 3.63) is 0 Å². The summed E-state index contributed by atoms with van der Waals surface area (Å²) in [5.74, 6) is 1.08. The molecule has 2 aliphatic rings. The minimum Gasteiger partial charge on any atom is -0.356 e. The molecule has 3 heteroatoms. The molecule has 0 spiro atoms. The Labute approximate surface area is 111 Å². The average Bonchev–Trinajstić information content (AvgIpc) is 3.21. The van der Waals surface area contributed by atoms with E-state index in [9.17, 15) is 4.79 Å². The molecule has 2 saturated carbocycles. The van der Waals surface area contributed by atoms with Gasteiger partial charge in [0.25, 0.3) is 0 Å². The van der Waals surface area contributed by atoms with Crippen molar-refractivity contribution >= 4 is 5.91 Å². The summed E-state index contributed by atoms with van der Waals surface area (Å²) in [7, 11) is 0. The van der Waals surface area contributed by atoms with Crippen molar-refractivity contribution in [1.82, 2.24) is 10.6 Å². The molecule has 0 unspecified atom stereocenters. The first-order chi connectivity index (χ1) is 8.84. The molecule has 0 atom stereocenters. The van der Waals surface area contributed by atoms with E-state index in [2.05, 4.69) is 10.6 Å². The molecule has 0 heterocycles. The zero-order valence-electron chi connectivity index (χ0n) is 11.5. The van der Waals surface area contributed by atoms with Crippen LogP contribution < -0.4 is 10.6 Å². The summed E-state index contributed by atoms with van der Waals surface area (Å²) < 4.78 is 0. The third kappa shape index (κ3) is 5.85. The summed E-state index contributed by atoms with van der Waals surface area (Å²) >= 11 is 0. The SMILES string of the molecule is O=C(CCC1CCCCC1)NCCCNC1CC1. The topological polar surface area (TPSA) is 41.1 Å². The minimum absolute atomic E-state index is 0.256. The van der Waals surface area contributed by atoms with Crippen molar-refractivity contribution in [2.75, 3.05) is 13.1 Å². The highest BCUT2D eigenvalue weighted by Gasteiger charge is 2.19. The lowest BCUT2D eigenvalue weighted by Gasteiger charge is -2.20. The molecule has 2 N–H and O–H groups in total. The lowest BCUT2D eigenvalue weighted by molar-refractivity contribution is -0.121. The smallest absolute Gasteiger partial charge is 0.220 e. The van der Waals surface area contributed by atoms with E-state index in [1.165, 1.54) is 44.9 Å². The monoisotopic (exact) mass is 252 g/mol. The van der Waals surface area contributed by atoms with Crippen LogP contribution in [0.25, 0.3) is 0 Å². The number of carbonyl (C=O) groups excluding carboxylic acids is 1. The Balaban J connectivity index is 1.41. The fourth-order valence-corrected chi connectivity index (χ4v) is 2.81. The Morgan fingerprint density at radius 3 is 2.50 bits per heavy atom. The molecular weight excluding hydrogens is 224 g/mol. The van der Waals surface area contributed by atoms with Crippen LogP contribution in [-0.4, -0.2) is 25.0 Å². The highest BCUT2D eigenvalue weighted by molar-refractivity contribution is 5.75. The van der Waals surface area contributed by atoms with Gasteiger partial charge in [0.2, 0.25) is 5.91 Å². The number of carbonyl (C=O) groups is 1. The maximum absolute atomic E-state index is 11.7. The molecular formula is C15H28N2O. The van der Waals surface area contributed by atoms with Gasteiger partial charge in [0.1, 0.15) is 0 Å². The Hall–Kier alpha value is -0.570. The fraction of sp³-hybridized carbons (Fsp3) is 0.933. The molecule has 0 saturated heterocycles. The van der Waals surface area contributed by atoms with Crippen molar-refractivity contribution in [2.24, 2.45) is 5.92 Å². The Bertz CT molecular complexity index is 245. The second-order valence-corrected chi connectivity index (χ2v) is 5.97. The fourth-order valence-electron chi connectivity index (χ4n) is 2.81. The van der Waals surface area contributed by atoms with Crippen LogP contribution in [0, 0.1) is 5.92 Å². The van der Waals surface area contributed by atoms with Crippen LogP contribution in [0.15, 0.2) is 0 Å². The lowest BCUT2D eigenvalue weighted by atomic mass is 9.86. The first-order valence-electron chi connectivity index (χ1n) is 7.84. The zero-order valence-corrected chi connectivity index (χ0v) is 11.5. The Morgan fingerprint density at radius 2 is 1.78 bits per heavy atom. The first kappa shape index (κ1) is 13.9. The van der Waals surface area contributed by atoms with Crippen molar-refractivity contribution in [3.8, 4) is 0 Å². The van der Waals surface area contributed by atoms with Crippen LogP contribution in [-0.2, 0) is 4.79 Å². The van der Waals surface area contributed by atoms with Crippen LogP contribution in [0.5, 0.6) is 0 Å². The van der Waals surface area contributed by atoms with E-state index in [0.717, 1.165) is 44.3 Å². The first-order valence-corrected chi connectivity index (χ1v) is 7.84. The van der Waals surface area contributed by atoms with Crippen molar-refractivity contribution < 1.29 is 4.79 Å². The predicted octanol–water partition coefficient (Wildman–Crippen LogP) is 2.61. The van der Waals surface area contributed by atoms with Gasteiger partial charge in [-0.2, -0.15) is 0 Å². The second kappa shape index (κ2) is 7.78. The van der Waals surface area contributed by atoms with Gasteiger partial charge < -0.3 is 10.6 Å². The van der Waals surface area contributed by atoms with Gasteiger partial charge in [-0.05, 0) is 38.1 Å². The minimum atomic E-state index is 0.256. The largest absolute Gasteiger partial charge is 0.356 e. The van der Waals surface area contributed by atoms with E-state index in [4.69, 9.17) is 0 Å². The maximum atomic E-state index is 11.7. The van der Waals surface area contributed by atoms with E-state index in [1.54, 1.807) is 0 Å². The van der Waals surface area contributed by atoms with Gasteiger partial charge >= 0.3 is 0 Å². The molecule has 2 fully saturated rings. The summed E-state index contributed by atoms with van der Waals surface area (Å²) in [4.78, 5) is 11.7. The third-order valence-corrected chi connectivity index (χ3v) is 4.19. The number of hydrogen-bond donors (Lipinski definition) is 2. The zero-order chi connectivity index (χ0) is 12.6. The van der Waals surface area contributed by atoms with E-state index < -0.39 is 0 Å². The molecule has 0 radical (unpaired) electrons. The molecule has 2 aliphatic carbocycles. The van der Waals surface area contributed by atoms with Gasteiger partial charge in [-0.15, -0.1) is 0 Å². The summed E-state index contributed by atoms with van der Waals surface area (Å²) in [6, 6.07) is 0.784. The van der Waals surface area contributed by atoms with Crippen LogP contribution in [0.3, 0.4) is 0 Å². The number of nitrogens with one attached hydrogen (secondary N) is 2. The lowest BCUT2D eigenvalue weighted by Crippen LogP contribution is -2.28.